The van der Waals surface area contributed by atoms with Crippen LogP contribution in [0, 0.1) is 13.8 Å². The number of nitrogens with one attached hydrogen (secondary N) is 2. The molecule has 8 nitrogen and oxygen atoms in total. The fourth-order valence-electron chi connectivity index (χ4n) is 6.13. The highest BCUT2D eigenvalue weighted by atomic mass is 32.2. The molecule has 0 spiro atoms. The molecule has 1 aliphatic heterocycles. The van der Waals surface area contributed by atoms with E-state index in [-0.39, 0.29) is 17.9 Å². The first-order valence-electron chi connectivity index (χ1n) is 15.5. The molecule has 0 bridgehead atoms. The lowest BCUT2D eigenvalue weighted by molar-refractivity contribution is 0.0905. The summed E-state index contributed by atoms with van der Waals surface area (Å²) in [4.78, 5) is 14.0. The predicted molar refractivity (Wildman–Crippen MR) is 181 cm³/mol. The van der Waals surface area contributed by atoms with E-state index in [1.165, 1.54) is 12.5 Å². The number of carbonyl (C=O) groups is 1. The third-order valence-corrected chi connectivity index (χ3v) is 10.1. The lowest BCUT2D eigenvalue weighted by Gasteiger charge is -2.38. The number of hydrogen-bond donors (Lipinski definition) is 3. The number of ether oxygens (including phenoxy) is 1. The fourth-order valence-corrected chi connectivity index (χ4v) is 7.45. The molecule has 0 saturated heterocycles. The SMILES string of the molecule is CCNc1ccc(C(c2ccc(C)c(CN3C[C@@H](CC)Oc4ccccc4S3=O)c2)C(C)(C)NC(=O)c2ccoc2)c(C)c1N. The molecule has 0 aliphatic carbocycles. The van der Waals surface area contributed by atoms with Crippen LogP contribution < -0.4 is 21.1 Å². The standard InChI is InChI=1S/C36H44N4O4S/c1-7-28-21-40(45(42)32-12-10-9-11-31(32)44-28)20-27-19-25(14-13-23(27)3)33(29-15-16-30(38-8-2)34(37)24(29)4)36(5,6)39-35(41)26-17-18-43-22-26/h9-19,22,28,33,38H,7-8,20-21,37H2,1-6H3,(H,39,41)/t28-,33?,45?/m1/s1. The average molecular weight is 629 g/mol. The Balaban J connectivity index is 1.57. The van der Waals surface area contributed by atoms with Crippen LogP contribution in [0.15, 0.2) is 82.5 Å². The van der Waals surface area contributed by atoms with Crippen molar-refractivity contribution in [3.8, 4) is 5.75 Å². The molecule has 1 aromatic heterocycles. The molecule has 2 heterocycles. The summed E-state index contributed by atoms with van der Waals surface area (Å²) >= 11 is 0. The van der Waals surface area contributed by atoms with E-state index in [2.05, 4.69) is 48.7 Å². The van der Waals surface area contributed by atoms with Gasteiger partial charge in [-0.1, -0.05) is 43.3 Å². The first-order chi connectivity index (χ1) is 21.5. The molecule has 1 amide bonds. The van der Waals surface area contributed by atoms with E-state index >= 15 is 0 Å². The van der Waals surface area contributed by atoms with E-state index in [0.29, 0.717) is 35.0 Å². The molecule has 9 heteroatoms. The molecule has 0 radical (unpaired) electrons. The first-order valence-corrected chi connectivity index (χ1v) is 16.6. The van der Waals surface area contributed by atoms with Gasteiger partial charge in [-0.25, -0.2) is 8.51 Å². The van der Waals surface area contributed by atoms with Crippen LogP contribution in [0.4, 0.5) is 11.4 Å². The van der Waals surface area contributed by atoms with Gasteiger partial charge in [0.2, 0.25) is 0 Å². The second kappa shape index (κ2) is 13.5. The Bertz CT molecular complexity index is 1680. The molecule has 238 valence electrons. The number of rotatable bonds is 10. The fraction of sp³-hybridized carbons (Fsp3) is 0.361. The van der Waals surface area contributed by atoms with Crippen LogP contribution in [0.2, 0.25) is 0 Å². The van der Waals surface area contributed by atoms with E-state index in [0.717, 1.165) is 46.5 Å². The molecule has 45 heavy (non-hydrogen) atoms. The number of furan rings is 1. The Morgan fingerprint density at radius 2 is 1.89 bits per heavy atom. The van der Waals surface area contributed by atoms with Crippen LogP contribution >= 0.6 is 0 Å². The lowest BCUT2D eigenvalue weighted by atomic mass is 9.74. The zero-order valence-electron chi connectivity index (χ0n) is 27.0. The third-order valence-electron chi connectivity index (χ3n) is 8.66. The van der Waals surface area contributed by atoms with Crippen LogP contribution in [0.1, 0.15) is 78.2 Å². The number of nitrogen functional groups attached to an aromatic ring is 1. The minimum Gasteiger partial charge on any atom is -0.488 e. The minimum atomic E-state index is -1.39. The van der Waals surface area contributed by atoms with Gasteiger partial charge in [0.25, 0.3) is 5.91 Å². The van der Waals surface area contributed by atoms with Crippen molar-refractivity contribution in [1.82, 2.24) is 9.62 Å². The second-order valence-corrected chi connectivity index (χ2v) is 13.7. The van der Waals surface area contributed by atoms with Gasteiger partial charge in [0.1, 0.15) is 29.1 Å². The number of benzene rings is 3. The highest BCUT2D eigenvalue weighted by Crippen LogP contribution is 2.41. The summed E-state index contributed by atoms with van der Waals surface area (Å²) in [7, 11) is -1.39. The van der Waals surface area contributed by atoms with Crippen LogP contribution in [-0.4, -0.2) is 39.2 Å². The number of anilines is 2. The Hall–Kier alpha value is -4.08. The second-order valence-electron chi connectivity index (χ2n) is 12.2. The molecular formula is C36H44N4O4S. The molecule has 3 atom stereocenters. The topological polar surface area (TPSA) is 110 Å². The van der Waals surface area contributed by atoms with Gasteiger partial charge in [-0.2, -0.15) is 0 Å². The van der Waals surface area contributed by atoms with Gasteiger partial charge < -0.3 is 25.5 Å². The van der Waals surface area contributed by atoms with Crippen molar-refractivity contribution in [1.29, 1.82) is 0 Å². The smallest absolute Gasteiger partial charge is 0.254 e. The van der Waals surface area contributed by atoms with Gasteiger partial charge in [0, 0.05) is 31.1 Å². The van der Waals surface area contributed by atoms with Crippen molar-refractivity contribution >= 4 is 28.3 Å². The Morgan fingerprint density at radius 3 is 2.60 bits per heavy atom. The van der Waals surface area contributed by atoms with Crippen LogP contribution in [0.5, 0.6) is 5.75 Å². The maximum Gasteiger partial charge on any atom is 0.254 e. The predicted octanol–water partition coefficient (Wildman–Crippen LogP) is 6.95. The van der Waals surface area contributed by atoms with E-state index in [9.17, 15) is 9.00 Å². The minimum absolute atomic E-state index is 0.0771. The van der Waals surface area contributed by atoms with Gasteiger partial charge in [-0.05, 0) is 93.1 Å². The maximum absolute atomic E-state index is 13.9. The number of nitrogens with zero attached hydrogens (tertiary/aromatic N) is 1. The van der Waals surface area contributed by atoms with Crippen molar-refractivity contribution in [2.24, 2.45) is 0 Å². The average Bonchev–Trinajstić information content (AvgIpc) is 3.52. The van der Waals surface area contributed by atoms with E-state index in [4.69, 9.17) is 14.9 Å². The van der Waals surface area contributed by atoms with E-state index < -0.39 is 16.5 Å². The Labute approximate surface area is 268 Å². The monoisotopic (exact) mass is 628 g/mol. The molecule has 4 N–H and O–H groups in total. The van der Waals surface area contributed by atoms with Crippen LogP contribution in [-0.2, 0) is 17.5 Å². The van der Waals surface area contributed by atoms with Crippen molar-refractivity contribution in [3.05, 3.63) is 107 Å². The molecule has 2 unspecified atom stereocenters. The van der Waals surface area contributed by atoms with Crippen molar-refractivity contribution < 1.29 is 18.2 Å². The van der Waals surface area contributed by atoms with Gasteiger partial charge >= 0.3 is 0 Å². The number of carbonyl (C=O) groups excluding carboxylic acids is 1. The highest BCUT2D eigenvalue weighted by Gasteiger charge is 2.36. The maximum atomic E-state index is 13.9. The summed E-state index contributed by atoms with van der Waals surface area (Å²) in [5.74, 6) is 0.206. The number of para-hydroxylation sites is 1. The molecular weight excluding hydrogens is 584 g/mol. The number of amides is 1. The quantitative estimate of drug-likeness (QED) is 0.164. The normalized spacial score (nSPS) is 17.6. The van der Waals surface area contributed by atoms with Gasteiger partial charge in [-0.3, -0.25) is 4.79 Å². The van der Waals surface area contributed by atoms with Crippen LogP contribution in [0.25, 0.3) is 0 Å². The van der Waals surface area contributed by atoms with Gasteiger partial charge in [0.15, 0.2) is 0 Å². The Kier molecular flexibility index (Phi) is 9.70. The van der Waals surface area contributed by atoms with E-state index in [1.54, 1.807) is 6.07 Å². The highest BCUT2D eigenvalue weighted by molar-refractivity contribution is 7.82. The van der Waals surface area contributed by atoms with Crippen LogP contribution in [0.3, 0.4) is 0 Å². The largest absolute Gasteiger partial charge is 0.488 e. The molecule has 3 aromatic carbocycles. The van der Waals surface area contributed by atoms with Gasteiger partial charge in [-0.15, -0.1) is 0 Å². The Morgan fingerprint density at radius 1 is 1.11 bits per heavy atom. The van der Waals surface area contributed by atoms with Crippen molar-refractivity contribution in [2.75, 3.05) is 24.1 Å². The van der Waals surface area contributed by atoms with E-state index in [1.807, 2.05) is 62.3 Å². The molecule has 1 aliphatic rings. The summed E-state index contributed by atoms with van der Waals surface area (Å²) in [6, 6.07) is 19.8. The zero-order chi connectivity index (χ0) is 32.3. The first kappa shape index (κ1) is 32.3. The number of fused-ring (bicyclic) bond motifs is 1. The molecule has 5 rings (SSSR count). The zero-order valence-corrected chi connectivity index (χ0v) is 27.8. The summed E-state index contributed by atoms with van der Waals surface area (Å²) in [5.41, 5.74) is 13.1. The summed E-state index contributed by atoms with van der Waals surface area (Å²) in [6.07, 6.45) is 3.67. The molecule has 0 fully saturated rings. The number of nitrogens with two attached hydrogens (primary N) is 1. The van der Waals surface area contributed by atoms with Gasteiger partial charge in [0.05, 0.1) is 28.1 Å². The number of hydrogen-bond acceptors (Lipinski definition) is 6. The number of aryl methyl sites for hydroxylation is 1. The summed E-state index contributed by atoms with van der Waals surface area (Å²) < 4.78 is 27.3. The summed E-state index contributed by atoms with van der Waals surface area (Å²) in [6.45, 7) is 14.1. The molecule has 4 aromatic rings. The lowest BCUT2D eigenvalue weighted by Crippen LogP contribution is -2.48. The van der Waals surface area contributed by atoms with Crippen molar-refractivity contribution in [2.45, 2.75) is 77.0 Å². The third kappa shape index (κ3) is 6.79. The van der Waals surface area contributed by atoms with Crippen molar-refractivity contribution in [3.63, 3.8) is 0 Å². The summed E-state index contributed by atoms with van der Waals surface area (Å²) in [5, 5.41) is 6.62. The molecule has 0 saturated carbocycles.